The Morgan fingerprint density at radius 2 is 1.90 bits per heavy atom. The van der Waals surface area contributed by atoms with Gasteiger partial charge in [0.05, 0.1) is 5.39 Å². The Kier molecular flexibility index (Phi) is 3.30. The number of carbonyl (C=O) groups excluding carboxylic acids is 1. The van der Waals surface area contributed by atoms with Crippen molar-refractivity contribution in [3.63, 3.8) is 0 Å². The average Bonchev–Trinajstić information content (AvgIpc) is 2.48. The number of likely N-dealkylation sites (tertiary alicyclic amines) is 1. The van der Waals surface area contributed by atoms with Gasteiger partial charge < -0.3 is 9.32 Å². The molecule has 2 aromatic rings. The molecule has 104 valence electrons. The van der Waals surface area contributed by atoms with E-state index < -0.39 is 0 Å². The molecule has 0 spiro atoms. The molecule has 1 aromatic heterocycles. The molecule has 1 aliphatic rings. The minimum Gasteiger partial charge on any atom is -0.451 e. The Hall–Kier alpha value is -2.10. The van der Waals surface area contributed by atoms with E-state index in [2.05, 4.69) is 0 Å². The Bertz CT molecular complexity index is 711. The first kappa shape index (κ1) is 12.9. The summed E-state index contributed by atoms with van der Waals surface area (Å²) in [7, 11) is 0. The number of benzene rings is 1. The third-order valence-electron chi connectivity index (χ3n) is 3.74. The lowest BCUT2D eigenvalue weighted by Gasteiger charge is -2.26. The average molecular weight is 271 g/mol. The van der Waals surface area contributed by atoms with E-state index in [1.807, 2.05) is 13.0 Å². The molecule has 0 bridgehead atoms. The first-order valence-electron chi connectivity index (χ1n) is 6.99. The van der Waals surface area contributed by atoms with Gasteiger partial charge in [0.15, 0.2) is 11.2 Å². The molecule has 0 N–H and O–H groups in total. The lowest BCUT2D eigenvalue weighted by atomic mass is 10.1. The molecule has 0 radical (unpaired) electrons. The fourth-order valence-electron chi connectivity index (χ4n) is 2.63. The molecule has 4 nitrogen and oxygen atoms in total. The van der Waals surface area contributed by atoms with Crippen molar-refractivity contribution in [3.05, 3.63) is 45.8 Å². The molecule has 1 fully saturated rings. The Balaban J connectivity index is 2.02. The number of piperidine rings is 1. The van der Waals surface area contributed by atoms with Gasteiger partial charge in [-0.2, -0.15) is 0 Å². The highest BCUT2D eigenvalue weighted by atomic mass is 16.3. The molecular weight excluding hydrogens is 254 g/mol. The fraction of sp³-hybridized carbons (Fsp3) is 0.375. The molecule has 1 amide bonds. The van der Waals surface area contributed by atoms with Gasteiger partial charge in [-0.3, -0.25) is 9.59 Å². The molecule has 0 saturated carbocycles. The van der Waals surface area contributed by atoms with Gasteiger partial charge in [0, 0.05) is 19.2 Å². The third-order valence-corrected chi connectivity index (χ3v) is 3.74. The Labute approximate surface area is 117 Å². The number of carbonyl (C=O) groups is 1. The van der Waals surface area contributed by atoms with Crippen molar-refractivity contribution in [2.75, 3.05) is 13.1 Å². The number of nitrogens with zero attached hydrogens (tertiary/aromatic N) is 1. The molecule has 2 heterocycles. The lowest BCUT2D eigenvalue weighted by Crippen LogP contribution is -2.35. The number of hydrogen-bond acceptors (Lipinski definition) is 3. The second-order valence-electron chi connectivity index (χ2n) is 5.33. The summed E-state index contributed by atoms with van der Waals surface area (Å²) in [5.74, 6) is -0.0301. The van der Waals surface area contributed by atoms with Crippen molar-refractivity contribution in [3.8, 4) is 0 Å². The predicted octanol–water partition coefficient (Wildman–Crippen LogP) is 2.73. The number of aryl methyl sites for hydroxylation is 1. The van der Waals surface area contributed by atoms with Crippen LogP contribution < -0.4 is 5.43 Å². The highest BCUT2D eigenvalue weighted by Crippen LogP contribution is 2.17. The van der Waals surface area contributed by atoms with Gasteiger partial charge in [0.25, 0.3) is 5.91 Å². The summed E-state index contributed by atoms with van der Waals surface area (Å²) in [5, 5.41) is 0.528. The van der Waals surface area contributed by atoms with Crippen LogP contribution in [0.1, 0.15) is 35.4 Å². The quantitative estimate of drug-likeness (QED) is 0.801. The van der Waals surface area contributed by atoms with Crippen molar-refractivity contribution in [1.29, 1.82) is 0 Å². The van der Waals surface area contributed by atoms with Gasteiger partial charge in [0.2, 0.25) is 0 Å². The zero-order valence-electron chi connectivity index (χ0n) is 11.5. The van der Waals surface area contributed by atoms with Gasteiger partial charge in [-0.05, 0) is 38.3 Å². The predicted molar refractivity (Wildman–Crippen MR) is 77.0 cm³/mol. The number of amides is 1. The summed E-state index contributed by atoms with van der Waals surface area (Å²) in [6, 6.07) is 6.73. The minimum absolute atomic E-state index is 0.147. The minimum atomic E-state index is -0.177. The standard InChI is InChI=1S/C16H17NO3/c1-11-5-6-14-12(9-11)13(18)10-15(20-14)16(19)17-7-3-2-4-8-17/h5-6,9-10H,2-4,7-8H2,1H3. The first-order chi connectivity index (χ1) is 9.65. The Morgan fingerprint density at radius 3 is 2.65 bits per heavy atom. The molecular formula is C16H17NO3. The lowest BCUT2D eigenvalue weighted by molar-refractivity contribution is 0.0692. The van der Waals surface area contributed by atoms with Crippen molar-refractivity contribution < 1.29 is 9.21 Å². The SMILES string of the molecule is Cc1ccc2oc(C(=O)N3CCCCC3)cc(=O)c2c1. The van der Waals surface area contributed by atoms with Crippen LogP contribution in [0.25, 0.3) is 11.0 Å². The second kappa shape index (κ2) is 5.12. The van der Waals surface area contributed by atoms with Crippen LogP contribution in [0.4, 0.5) is 0 Å². The number of rotatable bonds is 1. The zero-order valence-corrected chi connectivity index (χ0v) is 11.5. The highest BCUT2D eigenvalue weighted by molar-refractivity contribution is 5.93. The van der Waals surface area contributed by atoms with Crippen LogP contribution in [-0.2, 0) is 0 Å². The summed E-state index contributed by atoms with van der Waals surface area (Å²) < 4.78 is 5.62. The number of hydrogen-bond donors (Lipinski definition) is 0. The van der Waals surface area contributed by atoms with Crippen molar-refractivity contribution in [2.45, 2.75) is 26.2 Å². The largest absolute Gasteiger partial charge is 0.451 e. The van der Waals surface area contributed by atoms with Crippen LogP contribution in [0.3, 0.4) is 0 Å². The summed E-state index contributed by atoms with van der Waals surface area (Å²) >= 11 is 0. The second-order valence-corrected chi connectivity index (χ2v) is 5.33. The van der Waals surface area contributed by atoms with Gasteiger partial charge in [-0.1, -0.05) is 11.6 Å². The molecule has 0 unspecified atom stereocenters. The van der Waals surface area contributed by atoms with E-state index in [9.17, 15) is 9.59 Å². The monoisotopic (exact) mass is 271 g/mol. The van der Waals surface area contributed by atoms with Crippen LogP contribution in [0.2, 0.25) is 0 Å². The molecule has 1 aliphatic heterocycles. The molecule has 1 saturated heterocycles. The van der Waals surface area contributed by atoms with Gasteiger partial charge >= 0.3 is 0 Å². The summed E-state index contributed by atoms with van der Waals surface area (Å²) in [4.78, 5) is 26.2. The fourth-order valence-corrected chi connectivity index (χ4v) is 2.63. The van der Waals surface area contributed by atoms with Crippen molar-refractivity contribution in [1.82, 2.24) is 4.90 Å². The maximum absolute atomic E-state index is 12.4. The van der Waals surface area contributed by atoms with E-state index in [1.165, 1.54) is 6.07 Å². The third kappa shape index (κ3) is 2.33. The van der Waals surface area contributed by atoms with E-state index in [1.54, 1.807) is 17.0 Å². The van der Waals surface area contributed by atoms with E-state index in [0.717, 1.165) is 37.9 Å². The summed E-state index contributed by atoms with van der Waals surface area (Å²) in [5.41, 5.74) is 1.32. The smallest absolute Gasteiger partial charge is 0.289 e. The van der Waals surface area contributed by atoms with Crippen LogP contribution in [0, 0.1) is 6.92 Å². The first-order valence-corrected chi connectivity index (χ1v) is 6.99. The molecule has 0 aliphatic carbocycles. The van der Waals surface area contributed by atoms with E-state index in [0.29, 0.717) is 11.0 Å². The van der Waals surface area contributed by atoms with Crippen molar-refractivity contribution >= 4 is 16.9 Å². The van der Waals surface area contributed by atoms with Crippen LogP contribution in [-0.4, -0.2) is 23.9 Å². The van der Waals surface area contributed by atoms with Crippen LogP contribution >= 0.6 is 0 Å². The van der Waals surface area contributed by atoms with E-state index >= 15 is 0 Å². The normalized spacial score (nSPS) is 15.6. The van der Waals surface area contributed by atoms with E-state index in [4.69, 9.17) is 4.42 Å². The topological polar surface area (TPSA) is 50.5 Å². The molecule has 20 heavy (non-hydrogen) atoms. The summed E-state index contributed by atoms with van der Waals surface area (Å²) in [6.45, 7) is 3.41. The van der Waals surface area contributed by atoms with Crippen molar-refractivity contribution in [2.24, 2.45) is 0 Å². The molecule has 1 aromatic carbocycles. The zero-order chi connectivity index (χ0) is 14.1. The summed E-state index contributed by atoms with van der Waals surface area (Å²) in [6.07, 6.45) is 3.19. The van der Waals surface area contributed by atoms with Gasteiger partial charge in [-0.25, -0.2) is 0 Å². The Morgan fingerprint density at radius 1 is 1.15 bits per heavy atom. The van der Waals surface area contributed by atoms with E-state index in [-0.39, 0.29) is 17.1 Å². The number of fused-ring (bicyclic) bond motifs is 1. The molecule has 4 heteroatoms. The highest BCUT2D eigenvalue weighted by Gasteiger charge is 2.21. The van der Waals surface area contributed by atoms with Crippen LogP contribution in [0.5, 0.6) is 0 Å². The van der Waals surface area contributed by atoms with Gasteiger partial charge in [-0.15, -0.1) is 0 Å². The maximum Gasteiger partial charge on any atom is 0.289 e. The molecule has 3 rings (SSSR count). The molecule has 0 atom stereocenters. The maximum atomic E-state index is 12.4. The van der Waals surface area contributed by atoms with Gasteiger partial charge in [0.1, 0.15) is 5.58 Å². The van der Waals surface area contributed by atoms with Crippen LogP contribution in [0.15, 0.2) is 33.5 Å².